The van der Waals surface area contributed by atoms with Crippen LogP contribution in [0.4, 0.5) is 11.5 Å². The lowest BCUT2D eigenvalue weighted by atomic mass is 10.3. The Hall–Kier alpha value is -1.38. The monoisotopic (exact) mass is 133 g/mol. The first-order valence-corrected chi connectivity index (χ1v) is 3.18. The first-order valence-electron chi connectivity index (χ1n) is 3.18. The molecule has 0 saturated heterocycles. The highest BCUT2D eigenvalue weighted by Crippen LogP contribution is 2.21. The summed E-state index contributed by atoms with van der Waals surface area (Å²) in [4.78, 5) is 8.15. The van der Waals surface area contributed by atoms with Gasteiger partial charge in [-0.15, -0.1) is 0 Å². The minimum absolute atomic E-state index is 0.786. The smallest absolute Gasteiger partial charge is 0.175 e. The summed E-state index contributed by atoms with van der Waals surface area (Å²) >= 11 is 0. The van der Waals surface area contributed by atoms with Crippen LogP contribution in [0.3, 0.4) is 0 Å². The van der Waals surface area contributed by atoms with Gasteiger partial charge in [-0.3, -0.25) is 0 Å². The van der Waals surface area contributed by atoms with E-state index in [2.05, 4.69) is 15.3 Å². The van der Waals surface area contributed by atoms with Crippen LogP contribution in [0, 0.1) is 0 Å². The molecule has 2 heterocycles. The molecular formula is C7H7N3. The molecule has 0 radical (unpaired) electrons. The van der Waals surface area contributed by atoms with E-state index in [0.29, 0.717) is 0 Å². The van der Waals surface area contributed by atoms with E-state index in [1.807, 2.05) is 18.3 Å². The first kappa shape index (κ1) is 5.41. The second-order valence-electron chi connectivity index (χ2n) is 2.07. The van der Waals surface area contributed by atoms with E-state index in [-0.39, 0.29) is 0 Å². The van der Waals surface area contributed by atoms with Crippen molar-refractivity contribution in [3.8, 4) is 0 Å². The Kier molecular flexibility index (Phi) is 1.13. The highest BCUT2D eigenvalue weighted by atomic mass is 15.0. The van der Waals surface area contributed by atoms with Gasteiger partial charge in [0.1, 0.15) is 0 Å². The third kappa shape index (κ3) is 0.757. The minimum atomic E-state index is 0.786. The van der Waals surface area contributed by atoms with Gasteiger partial charge in [-0.2, -0.15) is 0 Å². The maximum Gasteiger partial charge on any atom is 0.175 e. The molecule has 0 spiro atoms. The third-order valence-electron chi connectivity index (χ3n) is 1.38. The Bertz CT molecular complexity index is 267. The SMILES string of the molecule is C1=Nc2ncccc2NC1. The summed E-state index contributed by atoms with van der Waals surface area (Å²) in [6.07, 6.45) is 3.55. The lowest BCUT2D eigenvalue weighted by Crippen LogP contribution is -2.06. The van der Waals surface area contributed by atoms with E-state index in [9.17, 15) is 0 Å². The van der Waals surface area contributed by atoms with Crippen LogP contribution in [-0.2, 0) is 0 Å². The van der Waals surface area contributed by atoms with Crippen molar-refractivity contribution < 1.29 is 0 Å². The number of aliphatic imine (C=N–C) groups is 1. The van der Waals surface area contributed by atoms with Gasteiger partial charge in [0.2, 0.25) is 0 Å². The molecule has 3 heteroatoms. The molecule has 0 aromatic carbocycles. The van der Waals surface area contributed by atoms with Gasteiger partial charge < -0.3 is 5.32 Å². The third-order valence-corrected chi connectivity index (χ3v) is 1.38. The van der Waals surface area contributed by atoms with Crippen LogP contribution < -0.4 is 5.32 Å². The average Bonchev–Trinajstić information content (AvgIpc) is 2.05. The molecule has 1 aliphatic rings. The molecule has 2 rings (SSSR count). The van der Waals surface area contributed by atoms with Gasteiger partial charge in [0.15, 0.2) is 5.82 Å². The number of rotatable bonds is 0. The zero-order chi connectivity index (χ0) is 6.81. The zero-order valence-corrected chi connectivity index (χ0v) is 5.41. The van der Waals surface area contributed by atoms with Crippen LogP contribution in [-0.4, -0.2) is 17.7 Å². The molecule has 0 bridgehead atoms. The Balaban J connectivity index is 2.54. The van der Waals surface area contributed by atoms with Gasteiger partial charge in [0, 0.05) is 12.4 Å². The molecule has 1 aromatic rings. The van der Waals surface area contributed by atoms with E-state index >= 15 is 0 Å². The van der Waals surface area contributed by atoms with Crippen molar-refractivity contribution in [2.75, 3.05) is 11.9 Å². The van der Waals surface area contributed by atoms with Crippen LogP contribution in [0.1, 0.15) is 0 Å². The summed E-state index contributed by atoms with van der Waals surface area (Å²) in [7, 11) is 0. The predicted octanol–water partition coefficient (Wildman–Crippen LogP) is 1.21. The summed E-state index contributed by atoms with van der Waals surface area (Å²) in [6, 6.07) is 3.87. The summed E-state index contributed by atoms with van der Waals surface area (Å²) in [5.74, 6) is 0.786. The second kappa shape index (κ2) is 2.10. The number of hydrogen-bond donors (Lipinski definition) is 1. The summed E-state index contributed by atoms with van der Waals surface area (Å²) < 4.78 is 0. The summed E-state index contributed by atoms with van der Waals surface area (Å²) in [5, 5.41) is 3.15. The molecule has 0 amide bonds. The van der Waals surface area contributed by atoms with Crippen molar-refractivity contribution in [3.63, 3.8) is 0 Å². The Morgan fingerprint density at radius 3 is 3.40 bits per heavy atom. The van der Waals surface area contributed by atoms with Gasteiger partial charge in [0.25, 0.3) is 0 Å². The largest absolute Gasteiger partial charge is 0.377 e. The van der Waals surface area contributed by atoms with Gasteiger partial charge in [-0.25, -0.2) is 9.98 Å². The summed E-state index contributed by atoms with van der Waals surface area (Å²) in [6.45, 7) is 0.804. The second-order valence-corrected chi connectivity index (χ2v) is 2.07. The highest BCUT2D eigenvalue weighted by Gasteiger charge is 2.01. The molecule has 0 saturated carbocycles. The number of fused-ring (bicyclic) bond motifs is 1. The number of nitrogens with one attached hydrogen (secondary N) is 1. The highest BCUT2D eigenvalue weighted by molar-refractivity contribution is 5.77. The Morgan fingerprint density at radius 2 is 2.50 bits per heavy atom. The number of aromatic nitrogens is 1. The van der Waals surface area contributed by atoms with E-state index < -0.39 is 0 Å². The van der Waals surface area contributed by atoms with Crippen LogP contribution in [0.15, 0.2) is 23.3 Å². The van der Waals surface area contributed by atoms with Crippen molar-refractivity contribution >= 4 is 17.7 Å². The fourth-order valence-electron chi connectivity index (χ4n) is 0.926. The lowest BCUT2D eigenvalue weighted by Gasteiger charge is -2.08. The maximum atomic E-state index is 4.09. The molecule has 10 heavy (non-hydrogen) atoms. The molecule has 50 valence electrons. The van der Waals surface area contributed by atoms with Crippen LogP contribution in [0.5, 0.6) is 0 Å². The molecule has 0 aliphatic carbocycles. The molecule has 1 aliphatic heterocycles. The molecule has 3 nitrogen and oxygen atoms in total. The van der Waals surface area contributed by atoms with Gasteiger partial charge in [-0.05, 0) is 12.1 Å². The Morgan fingerprint density at radius 1 is 1.50 bits per heavy atom. The van der Waals surface area contributed by atoms with E-state index in [1.165, 1.54) is 0 Å². The van der Waals surface area contributed by atoms with Gasteiger partial charge in [-0.1, -0.05) is 0 Å². The molecule has 1 N–H and O–H groups in total. The topological polar surface area (TPSA) is 37.3 Å². The van der Waals surface area contributed by atoms with Crippen LogP contribution >= 0.6 is 0 Å². The van der Waals surface area contributed by atoms with Crippen molar-refractivity contribution in [3.05, 3.63) is 18.3 Å². The minimum Gasteiger partial charge on any atom is -0.377 e. The molecular weight excluding hydrogens is 126 g/mol. The zero-order valence-electron chi connectivity index (χ0n) is 5.41. The van der Waals surface area contributed by atoms with Crippen molar-refractivity contribution in [1.29, 1.82) is 0 Å². The van der Waals surface area contributed by atoms with E-state index in [0.717, 1.165) is 18.1 Å². The molecule has 1 aromatic heterocycles. The number of pyridine rings is 1. The molecule has 0 atom stereocenters. The summed E-state index contributed by atoms with van der Waals surface area (Å²) in [5.41, 5.74) is 1.02. The fourth-order valence-corrected chi connectivity index (χ4v) is 0.926. The number of nitrogens with zero attached hydrogens (tertiary/aromatic N) is 2. The van der Waals surface area contributed by atoms with Crippen molar-refractivity contribution in [2.45, 2.75) is 0 Å². The predicted molar refractivity (Wildman–Crippen MR) is 40.9 cm³/mol. The quantitative estimate of drug-likeness (QED) is 0.577. The number of anilines is 1. The molecule has 0 fully saturated rings. The standard InChI is InChI=1S/C7H7N3/c1-2-6-7(9-3-1)10-5-4-8-6/h1-3,5,8H,4H2. The van der Waals surface area contributed by atoms with Gasteiger partial charge >= 0.3 is 0 Å². The fraction of sp³-hybridized carbons (Fsp3) is 0.143. The van der Waals surface area contributed by atoms with E-state index in [4.69, 9.17) is 0 Å². The van der Waals surface area contributed by atoms with Gasteiger partial charge in [0.05, 0.1) is 12.2 Å². The molecule has 0 unspecified atom stereocenters. The number of hydrogen-bond acceptors (Lipinski definition) is 3. The average molecular weight is 133 g/mol. The Labute approximate surface area is 58.8 Å². The first-order chi connectivity index (χ1) is 4.97. The maximum absolute atomic E-state index is 4.09. The van der Waals surface area contributed by atoms with Crippen molar-refractivity contribution in [1.82, 2.24) is 4.98 Å². The lowest BCUT2D eigenvalue weighted by molar-refractivity contribution is 1.22. The van der Waals surface area contributed by atoms with Crippen LogP contribution in [0.2, 0.25) is 0 Å². The normalized spacial score (nSPS) is 14.0. The van der Waals surface area contributed by atoms with Crippen LogP contribution in [0.25, 0.3) is 0 Å². The van der Waals surface area contributed by atoms with Crippen molar-refractivity contribution in [2.24, 2.45) is 4.99 Å². The van der Waals surface area contributed by atoms with E-state index in [1.54, 1.807) is 6.20 Å².